The summed E-state index contributed by atoms with van der Waals surface area (Å²) in [4.78, 5) is 49.7. The van der Waals surface area contributed by atoms with E-state index in [1.807, 2.05) is 0 Å². The molecule has 0 fully saturated rings. The summed E-state index contributed by atoms with van der Waals surface area (Å²) in [5.41, 5.74) is 0.485. The van der Waals surface area contributed by atoms with Gasteiger partial charge in [0.25, 0.3) is 17.7 Å². The van der Waals surface area contributed by atoms with Crippen LogP contribution in [-0.4, -0.2) is 41.2 Å². The van der Waals surface area contributed by atoms with Crippen LogP contribution in [0.1, 0.15) is 46.4 Å². The fourth-order valence-electron chi connectivity index (χ4n) is 2.81. The lowest BCUT2D eigenvalue weighted by Crippen LogP contribution is -2.44. The van der Waals surface area contributed by atoms with Gasteiger partial charge in [-0.2, -0.15) is 0 Å². The Morgan fingerprint density at radius 3 is 2.26 bits per heavy atom. The first-order valence-electron chi connectivity index (χ1n) is 8.36. The molecule has 0 spiro atoms. The standard InChI is InChI=1S/C19H18N2O6/c1-11(15-8-5-9-26-15)20-16(22)10-27-19(25)12(2)21-17(23)13-6-3-4-7-14(13)18(21)24/h3-9,11-12H,10H2,1-2H3,(H,20,22)/t11-,12-/m0/s1. The lowest BCUT2D eigenvalue weighted by Gasteiger charge is -2.21. The van der Waals surface area contributed by atoms with Crippen LogP contribution in [0.25, 0.3) is 0 Å². The van der Waals surface area contributed by atoms with E-state index < -0.39 is 36.3 Å². The van der Waals surface area contributed by atoms with E-state index in [9.17, 15) is 19.2 Å². The minimum atomic E-state index is -1.15. The first kappa shape index (κ1) is 18.4. The van der Waals surface area contributed by atoms with Gasteiger partial charge in [0.1, 0.15) is 11.8 Å². The first-order chi connectivity index (χ1) is 12.9. The summed E-state index contributed by atoms with van der Waals surface area (Å²) in [5, 5.41) is 2.62. The van der Waals surface area contributed by atoms with Gasteiger partial charge in [-0.1, -0.05) is 12.1 Å². The van der Waals surface area contributed by atoms with Crippen LogP contribution in [0, 0.1) is 0 Å². The van der Waals surface area contributed by atoms with Crippen molar-refractivity contribution in [3.05, 3.63) is 59.5 Å². The molecule has 0 saturated heterocycles. The quantitative estimate of drug-likeness (QED) is 0.613. The zero-order chi connectivity index (χ0) is 19.6. The molecule has 3 amide bonds. The number of benzene rings is 1. The Bertz CT molecular complexity index is 854. The summed E-state index contributed by atoms with van der Waals surface area (Å²) >= 11 is 0. The number of esters is 1. The van der Waals surface area contributed by atoms with Crippen molar-refractivity contribution < 1.29 is 28.3 Å². The van der Waals surface area contributed by atoms with Gasteiger partial charge in [0.15, 0.2) is 6.61 Å². The van der Waals surface area contributed by atoms with Crippen molar-refractivity contribution in [1.82, 2.24) is 10.2 Å². The van der Waals surface area contributed by atoms with Crippen LogP contribution >= 0.6 is 0 Å². The molecule has 1 aliphatic rings. The Hall–Kier alpha value is -3.42. The predicted octanol–water partition coefficient (Wildman–Crippen LogP) is 1.68. The third-order valence-corrected chi connectivity index (χ3v) is 4.25. The molecular weight excluding hydrogens is 352 g/mol. The van der Waals surface area contributed by atoms with Gasteiger partial charge in [-0.05, 0) is 38.1 Å². The van der Waals surface area contributed by atoms with E-state index in [0.717, 1.165) is 4.90 Å². The molecule has 0 aliphatic carbocycles. The van der Waals surface area contributed by atoms with Crippen LogP contribution in [0.2, 0.25) is 0 Å². The second-order valence-electron chi connectivity index (χ2n) is 6.11. The minimum Gasteiger partial charge on any atom is -0.467 e. The third kappa shape index (κ3) is 3.59. The Balaban J connectivity index is 1.56. The second kappa shape index (κ2) is 7.45. The largest absolute Gasteiger partial charge is 0.467 e. The van der Waals surface area contributed by atoms with Gasteiger partial charge < -0.3 is 14.5 Å². The van der Waals surface area contributed by atoms with Crippen LogP contribution in [-0.2, 0) is 14.3 Å². The number of carbonyl (C=O) groups is 4. The fraction of sp³-hybridized carbons (Fsp3) is 0.263. The summed E-state index contributed by atoms with van der Waals surface area (Å²) < 4.78 is 10.1. The average Bonchev–Trinajstić information content (AvgIpc) is 3.28. The van der Waals surface area contributed by atoms with Crippen molar-refractivity contribution in [3.63, 3.8) is 0 Å². The Kier molecular flexibility index (Phi) is 5.07. The van der Waals surface area contributed by atoms with Crippen molar-refractivity contribution in [2.45, 2.75) is 25.9 Å². The number of nitrogens with one attached hydrogen (secondary N) is 1. The molecule has 2 atom stereocenters. The van der Waals surface area contributed by atoms with Crippen molar-refractivity contribution in [2.75, 3.05) is 6.61 Å². The highest BCUT2D eigenvalue weighted by Crippen LogP contribution is 2.24. The summed E-state index contributed by atoms with van der Waals surface area (Å²) in [6.45, 7) is 2.57. The second-order valence-corrected chi connectivity index (χ2v) is 6.11. The van der Waals surface area contributed by atoms with Gasteiger partial charge >= 0.3 is 5.97 Å². The van der Waals surface area contributed by atoms with Crippen LogP contribution in [0.4, 0.5) is 0 Å². The number of rotatable bonds is 6. The maximum atomic E-state index is 12.4. The number of fused-ring (bicyclic) bond motifs is 1. The highest BCUT2D eigenvalue weighted by molar-refractivity contribution is 6.22. The van der Waals surface area contributed by atoms with E-state index in [0.29, 0.717) is 5.76 Å². The highest BCUT2D eigenvalue weighted by Gasteiger charge is 2.41. The molecule has 0 unspecified atom stereocenters. The van der Waals surface area contributed by atoms with Crippen LogP contribution in [0.15, 0.2) is 47.1 Å². The molecule has 0 bridgehead atoms. The summed E-state index contributed by atoms with van der Waals surface area (Å²) in [6.07, 6.45) is 1.49. The average molecular weight is 370 g/mol. The third-order valence-electron chi connectivity index (χ3n) is 4.25. The SMILES string of the molecule is C[C@H](NC(=O)COC(=O)[C@H](C)N1C(=O)c2ccccc2C1=O)c1ccco1. The van der Waals surface area contributed by atoms with Crippen molar-refractivity contribution in [1.29, 1.82) is 0 Å². The molecule has 8 nitrogen and oxygen atoms in total. The van der Waals surface area contributed by atoms with Gasteiger partial charge in [-0.3, -0.25) is 19.3 Å². The predicted molar refractivity (Wildman–Crippen MR) is 92.6 cm³/mol. The number of ether oxygens (including phenoxy) is 1. The number of nitrogens with zero attached hydrogens (tertiary/aromatic N) is 1. The molecule has 2 aromatic rings. The monoisotopic (exact) mass is 370 g/mol. The molecule has 1 aromatic heterocycles. The van der Waals surface area contributed by atoms with Crippen LogP contribution < -0.4 is 5.32 Å². The number of amides is 3. The number of carbonyl (C=O) groups excluding carboxylic acids is 4. The van der Waals surface area contributed by atoms with Gasteiger partial charge in [0.2, 0.25) is 0 Å². The number of imide groups is 1. The van der Waals surface area contributed by atoms with E-state index in [4.69, 9.17) is 9.15 Å². The molecule has 3 rings (SSSR count). The van der Waals surface area contributed by atoms with Crippen LogP contribution in [0.5, 0.6) is 0 Å². The molecule has 0 radical (unpaired) electrons. The van der Waals surface area contributed by atoms with E-state index in [1.54, 1.807) is 31.2 Å². The smallest absolute Gasteiger partial charge is 0.329 e. The molecule has 27 heavy (non-hydrogen) atoms. The molecule has 1 aliphatic heterocycles. The van der Waals surface area contributed by atoms with Gasteiger partial charge in [-0.15, -0.1) is 0 Å². The lowest BCUT2D eigenvalue weighted by atomic mass is 10.1. The van der Waals surface area contributed by atoms with Gasteiger partial charge in [0.05, 0.1) is 23.4 Å². The topological polar surface area (TPSA) is 106 Å². The number of hydrogen-bond acceptors (Lipinski definition) is 6. The fourth-order valence-corrected chi connectivity index (χ4v) is 2.81. The van der Waals surface area contributed by atoms with Crippen molar-refractivity contribution in [2.24, 2.45) is 0 Å². The molecule has 8 heteroatoms. The van der Waals surface area contributed by atoms with Crippen molar-refractivity contribution >= 4 is 23.7 Å². The molecule has 0 saturated carbocycles. The van der Waals surface area contributed by atoms with E-state index in [2.05, 4.69) is 5.32 Å². The first-order valence-corrected chi connectivity index (χ1v) is 8.36. The Labute approximate surface area is 155 Å². The summed E-state index contributed by atoms with van der Waals surface area (Å²) in [7, 11) is 0. The van der Waals surface area contributed by atoms with E-state index in [-0.39, 0.29) is 17.2 Å². The number of hydrogen-bond donors (Lipinski definition) is 1. The van der Waals surface area contributed by atoms with Crippen LogP contribution in [0.3, 0.4) is 0 Å². The van der Waals surface area contributed by atoms with Gasteiger partial charge in [0, 0.05) is 0 Å². The maximum Gasteiger partial charge on any atom is 0.329 e. The normalized spacial score (nSPS) is 15.3. The summed E-state index contributed by atoms with van der Waals surface area (Å²) in [6, 6.07) is 8.20. The molecule has 2 heterocycles. The zero-order valence-corrected chi connectivity index (χ0v) is 14.8. The Morgan fingerprint density at radius 1 is 1.07 bits per heavy atom. The van der Waals surface area contributed by atoms with Gasteiger partial charge in [-0.25, -0.2) is 4.79 Å². The van der Waals surface area contributed by atoms with E-state index >= 15 is 0 Å². The minimum absolute atomic E-state index is 0.243. The lowest BCUT2D eigenvalue weighted by molar-refractivity contribution is -0.152. The van der Waals surface area contributed by atoms with Crippen molar-refractivity contribution in [3.8, 4) is 0 Å². The maximum absolute atomic E-state index is 12.4. The number of furan rings is 1. The zero-order valence-electron chi connectivity index (χ0n) is 14.8. The molecule has 140 valence electrons. The molecular formula is C19H18N2O6. The molecule has 1 N–H and O–H groups in total. The summed E-state index contributed by atoms with van der Waals surface area (Å²) in [5.74, 6) is -1.92. The highest BCUT2D eigenvalue weighted by atomic mass is 16.5. The molecule has 1 aromatic carbocycles. The van der Waals surface area contributed by atoms with E-state index in [1.165, 1.54) is 25.3 Å². The Morgan fingerprint density at radius 2 is 1.70 bits per heavy atom.